The van der Waals surface area contributed by atoms with Crippen LogP contribution < -0.4 is 4.72 Å². The molecule has 0 amide bonds. The fraction of sp³-hybridized carbons (Fsp3) is 0.375. The number of sulfonamides is 1. The highest BCUT2D eigenvalue weighted by atomic mass is 32.2. The summed E-state index contributed by atoms with van der Waals surface area (Å²) in [7, 11) is -1.74. The van der Waals surface area contributed by atoms with Gasteiger partial charge in [-0.1, -0.05) is 6.08 Å². The molecule has 1 heterocycles. The number of nitrogens with one attached hydrogen (secondary N) is 1. The van der Waals surface area contributed by atoms with E-state index in [1.54, 1.807) is 14.0 Å². The van der Waals surface area contributed by atoms with Gasteiger partial charge in [0.25, 0.3) is 0 Å². The van der Waals surface area contributed by atoms with E-state index in [-0.39, 0.29) is 11.4 Å². The van der Waals surface area contributed by atoms with Gasteiger partial charge in [-0.3, -0.25) is 4.68 Å². The van der Waals surface area contributed by atoms with Crippen LogP contribution >= 0.6 is 0 Å². The van der Waals surface area contributed by atoms with Crippen molar-refractivity contribution in [1.82, 2.24) is 14.5 Å². The van der Waals surface area contributed by atoms with E-state index >= 15 is 0 Å². The Morgan fingerprint density at radius 3 is 2.79 bits per heavy atom. The molecule has 0 aromatic carbocycles. The average molecular weight is 215 g/mol. The van der Waals surface area contributed by atoms with Crippen molar-refractivity contribution in [3.05, 3.63) is 24.5 Å². The lowest BCUT2D eigenvalue weighted by atomic mass is 10.5. The number of aromatic nitrogens is 2. The van der Waals surface area contributed by atoms with E-state index in [2.05, 4.69) is 16.4 Å². The van der Waals surface area contributed by atoms with Gasteiger partial charge < -0.3 is 0 Å². The van der Waals surface area contributed by atoms with E-state index in [0.717, 1.165) is 0 Å². The van der Waals surface area contributed by atoms with Crippen molar-refractivity contribution < 1.29 is 8.42 Å². The molecule has 5 nitrogen and oxygen atoms in total. The van der Waals surface area contributed by atoms with Crippen molar-refractivity contribution in [1.29, 1.82) is 0 Å². The maximum atomic E-state index is 11.6. The van der Waals surface area contributed by atoms with Crippen LogP contribution in [0.15, 0.2) is 23.7 Å². The fourth-order valence-corrected chi connectivity index (χ4v) is 2.19. The molecule has 0 aliphatic carbocycles. The summed E-state index contributed by atoms with van der Waals surface area (Å²) >= 11 is 0. The van der Waals surface area contributed by atoms with E-state index in [1.807, 2.05) is 0 Å². The molecule has 0 aliphatic rings. The van der Waals surface area contributed by atoms with Crippen LogP contribution in [0.25, 0.3) is 0 Å². The zero-order valence-electron chi connectivity index (χ0n) is 8.19. The van der Waals surface area contributed by atoms with Crippen molar-refractivity contribution in [2.45, 2.75) is 11.8 Å². The SMILES string of the molecule is C=CCNS(=O)(=O)c1cnn(C)c1C. The number of aryl methyl sites for hydroxylation is 1. The predicted octanol–water partition coefficient (Wildman–Crippen LogP) is 0.193. The lowest BCUT2D eigenvalue weighted by Crippen LogP contribution is -2.24. The molecule has 1 N–H and O–H groups in total. The molecular formula is C8H13N3O2S. The molecule has 0 bridgehead atoms. The van der Waals surface area contributed by atoms with E-state index in [0.29, 0.717) is 5.69 Å². The Balaban J connectivity index is 3.04. The van der Waals surface area contributed by atoms with Gasteiger partial charge >= 0.3 is 0 Å². The molecule has 78 valence electrons. The molecule has 0 atom stereocenters. The average Bonchev–Trinajstić information content (AvgIpc) is 2.45. The van der Waals surface area contributed by atoms with Gasteiger partial charge in [0.1, 0.15) is 4.90 Å². The third-order valence-corrected chi connectivity index (χ3v) is 3.42. The van der Waals surface area contributed by atoms with Crippen LogP contribution in [-0.4, -0.2) is 24.7 Å². The minimum Gasteiger partial charge on any atom is -0.272 e. The summed E-state index contributed by atoms with van der Waals surface area (Å²) in [5, 5.41) is 3.86. The molecule has 0 radical (unpaired) electrons. The molecule has 0 fully saturated rings. The Labute approximate surface area is 83.5 Å². The summed E-state index contributed by atoms with van der Waals surface area (Å²) < 4.78 is 27.1. The summed E-state index contributed by atoms with van der Waals surface area (Å²) in [5.74, 6) is 0. The molecule has 1 aromatic heterocycles. The summed E-state index contributed by atoms with van der Waals surface area (Å²) in [6, 6.07) is 0. The standard InChI is InChI=1S/C8H13N3O2S/c1-4-5-10-14(12,13)8-6-9-11(3)7(8)2/h4,6,10H,1,5H2,2-3H3. The minimum absolute atomic E-state index is 0.210. The highest BCUT2D eigenvalue weighted by Crippen LogP contribution is 2.12. The fourth-order valence-electron chi connectivity index (χ4n) is 0.989. The molecule has 0 spiro atoms. The van der Waals surface area contributed by atoms with Crippen molar-refractivity contribution in [2.24, 2.45) is 7.05 Å². The van der Waals surface area contributed by atoms with Crippen molar-refractivity contribution in [3.8, 4) is 0 Å². The first-order valence-electron chi connectivity index (χ1n) is 4.08. The zero-order chi connectivity index (χ0) is 10.8. The smallest absolute Gasteiger partial charge is 0.244 e. The molecular weight excluding hydrogens is 202 g/mol. The Hall–Kier alpha value is -1.14. The van der Waals surface area contributed by atoms with Crippen LogP contribution in [-0.2, 0) is 17.1 Å². The highest BCUT2D eigenvalue weighted by Gasteiger charge is 2.18. The number of hydrogen-bond acceptors (Lipinski definition) is 3. The van der Waals surface area contributed by atoms with E-state index in [1.165, 1.54) is 17.0 Å². The van der Waals surface area contributed by atoms with Crippen LogP contribution in [0.2, 0.25) is 0 Å². The van der Waals surface area contributed by atoms with Gasteiger partial charge in [-0.25, -0.2) is 13.1 Å². The van der Waals surface area contributed by atoms with Gasteiger partial charge in [0.15, 0.2) is 0 Å². The first-order chi connectivity index (χ1) is 6.49. The summed E-state index contributed by atoms with van der Waals surface area (Å²) in [4.78, 5) is 0.210. The Kier molecular flexibility index (Phi) is 3.07. The third kappa shape index (κ3) is 2.02. The number of nitrogens with zero attached hydrogens (tertiary/aromatic N) is 2. The predicted molar refractivity (Wildman–Crippen MR) is 53.3 cm³/mol. The first kappa shape index (κ1) is 10.9. The summed E-state index contributed by atoms with van der Waals surface area (Å²) in [5.41, 5.74) is 0.613. The molecule has 0 aliphatic heterocycles. The van der Waals surface area contributed by atoms with Gasteiger partial charge in [-0.2, -0.15) is 5.10 Å². The molecule has 0 saturated heterocycles. The van der Waals surface area contributed by atoms with Crippen LogP contribution in [0.1, 0.15) is 5.69 Å². The Morgan fingerprint density at radius 1 is 1.71 bits per heavy atom. The van der Waals surface area contributed by atoms with Crippen molar-refractivity contribution in [3.63, 3.8) is 0 Å². The van der Waals surface area contributed by atoms with Gasteiger partial charge in [-0.05, 0) is 6.92 Å². The van der Waals surface area contributed by atoms with Gasteiger partial charge in [-0.15, -0.1) is 6.58 Å². The van der Waals surface area contributed by atoms with Gasteiger partial charge in [0.2, 0.25) is 10.0 Å². The van der Waals surface area contributed by atoms with E-state index in [4.69, 9.17) is 0 Å². The molecule has 0 unspecified atom stereocenters. The number of hydrogen-bond donors (Lipinski definition) is 1. The molecule has 1 aromatic rings. The van der Waals surface area contributed by atoms with Crippen LogP contribution in [0.3, 0.4) is 0 Å². The second-order valence-corrected chi connectivity index (χ2v) is 4.59. The molecule has 6 heteroatoms. The molecule has 0 saturated carbocycles. The molecule has 14 heavy (non-hydrogen) atoms. The minimum atomic E-state index is -3.44. The normalized spacial score (nSPS) is 11.6. The summed E-state index contributed by atoms with van der Waals surface area (Å²) in [6.45, 7) is 5.36. The highest BCUT2D eigenvalue weighted by molar-refractivity contribution is 7.89. The topological polar surface area (TPSA) is 64.0 Å². The largest absolute Gasteiger partial charge is 0.272 e. The van der Waals surface area contributed by atoms with Crippen LogP contribution in [0, 0.1) is 6.92 Å². The summed E-state index contributed by atoms with van der Waals surface area (Å²) in [6.07, 6.45) is 2.82. The number of rotatable bonds is 4. The van der Waals surface area contributed by atoms with E-state index < -0.39 is 10.0 Å². The van der Waals surface area contributed by atoms with Crippen molar-refractivity contribution in [2.75, 3.05) is 6.54 Å². The Morgan fingerprint density at radius 2 is 2.36 bits per heavy atom. The second-order valence-electron chi connectivity index (χ2n) is 2.86. The maximum absolute atomic E-state index is 11.6. The van der Waals surface area contributed by atoms with Crippen LogP contribution in [0.5, 0.6) is 0 Å². The first-order valence-corrected chi connectivity index (χ1v) is 5.56. The third-order valence-electron chi connectivity index (χ3n) is 1.90. The van der Waals surface area contributed by atoms with E-state index in [9.17, 15) is 8.42 Å². The monoisotopic (exact) mass is 215 g/mol. The zero-order valence-corrected chi connectivity index (χ0v) is 9.00. The van der Waals surface area contributed by atoms with Crippen LogP contribution in [0.4, 0.5) is 0 Å². The lowest BCUT2D eigenvalue weighted by Gasteiger charge is -2.03. The van der Waals surface area contributed by atoms with Gasteiger partial charge in [0, 0.05) is 13.6 Å². The molecule has 1 rings (SSSR count). The Bertz CT molecular complexity index is 433. The lowest BCUT2D eigenvalue weighted by molar-refractivity contribution is 0.584. The second kappa shape index (κ2) is 3.93. The van der Waals surface area contributed by atoms with Gasteiger partial charge in [0.05, 0.1) is 11.9 Å². The van der Waals surface area contributed by atoms with Crippen molar-refractivity contribution >= 4 is 10.0 Å². The maximum Gasteiger partial charge on any atom is 0.244 e. The quantitative estimate of drug-likeness (QED) is 0.729.